The summed E-state index contributed by atoms with van der Waals surface area (Å²) in [6.07, 6.45) is 0. The minimum absolute atomic E-state index is 0.120. The number of halogens is 1. The molecule has 6 heteroatoms. The van der Waals surface area contributed by atoms with Crippen LogP contribution in [-0.4, -0.2) is 30.1 Å². The van der Waals surface area contributed by atoms with E-state index in [1.54, 1.807) is 18.2 Å². The third kappa shape index (κ3) is 4.60. The second-order valence-corrected chi connectivity index (χ2v) is 6.68. The molecule has 5 nitrogen and oxygen atoms in total. The Balaban J connectivity index is 1.68. The minimum atomic E-state index is -0.399. The second kappa shape index (κ2) is 8.14. The summed E-state index contributed by atoms with van der Waals surface area (Å²) in [7, 11) is 3.74. The summed E-state index contributed by atoms with van der Waals surface area (Å²) < 4.78 is 18.3. The maximum atomic E-state index is 13.0. The predicted molar refractivity (Wildman–Crippen MR) is 101 cm³/mol. The standard InChI is InChI=1S/C21H22FN3O2/c1-14-5-4-6-16(11-14)20(25(2)3)21(26)23-13-18-12-19(24-27-18)15-7-9-17(22)10-8-15/h4-12,20H,13H2,1-3H3,(H,23,26). The molecule has 1 unspecified atom stereocenters. The molecule has 1 amide bonds. The van der Waals surface area contributed by atoms with Gasteiger partial charge in [0.15, 0.2) is 5.76 Å². The molecule has 0 aliphatic heterocycles. The van der Waals surface area contributed by atoms with Crippen LogP contribution in [0.3, 0.4) is 0 Å². The topological polar surface area (TPSA) is 58.4 Å². The molecule has 1 aromatic heterocycles. The van der Waals surface area contributed by atoms with Crippen LogP contribution in [0.2, 0.25) is 0 Å². The molecule has 0 spiro atoms. The maximum absolute atomic E-state index is 13.0. The molecule has 27 heavy (non-hydrogen) atoms. The van der Waals surface area contributed by atoms with Crippen LogP contribution in [0.5, 0.6) is 0 Å². The number of aryl methyl sites for hydroxylation is 1. The lowest BCUT2D eigenvalue weighted by Gasteiger charge is -2.24. The third-order valence-corrected chi connectivity index (χ3v) is 4.26. The molecule has 2 aromatic carbocycles. The number of rotatable bonds is 6. The van der Waals surface area contributed by atoms with Crippen molar-refractivity contribution >= 4 is 5.91 Å². The summed E-state index contributed by atoms with van der Waals surface area (Å²) in [6, 6.07) is 15.2. The molecule has 1 N–H and O–H groups in total. The lowest BCUT2D eigenvalue weighted by molar-refractivity contribution is -0.126. The molecule has 0 aliphatic carbocycles. The van der Waals surface area contributed by atoms with E-state index in [4.69, 9.17) is 4.52 Å². The van der Waals surface area contributed by atoms with Gasteiger partial charge in [-0.05, 0) is 50.8 Å². The Morgan fingerprint density at radius 1 is 1.19 bits per heavy atom. The van der Waals surface area contributed by atoms with Gasteiger partial charge in [-0.15, -0.1) is 0 Å². The average Bonchev–Trinajstić information content (AvgIpc) is 3.09. The highest BCUT2D eigenvalue weighted by Crippen LogP contribution is 2.21. The molecule has 0 saturated carbocycles. The minimum Gasteiger partial charge on any atom is -0.359 e. The van der Waals surface area contributed by atoms with Crippen molar-refractivity contribution in [1.82, 2.24) is 15.4 Å². The van der Waals surface area contributed by atoms with E-state index in [1.807, 2.05) is 50.2 Å². The van der Waals surface area contributed by atoms with Crippen LogP contribution in [0.25, 0.3) is 11.3 Å². The first-order valence-electron chi connectivity index (χ1n) is 8.66. The van der Waals surface area contributed by atoms with E-state index in [2.05, 4.69) is 10.5 Å². The van der Waals surface area contributed by atoms with E-state index >= 15 is 0 Å². The van der Waals surface area contributed by atoms with Crippen molar-refractivity contribution in [2.45, 2.75) is 19.5 Å². The number of aromatic nitrogens is 1. The Bertz CT molecular complexity index is 919. The molecular weight excluding hydrogens is 345 g/mol. The fourth-order valence-corrected chi connectivity index (χ4v) is 2.95. The number of carbonyl (C=O) groups excluding carboxylic acids is 1. The Hall–Kier alpha value is -2.99. The van der Waals surface area contributed by atoms with Gasteiger partial charge in [-0.2, -0.15) is 0 Å². The Labute approximate surface area is 157 Å². The lowest BCUT2D eigenvalue weighted by Crippen LogP contribution is -2.36. The van der Waals surface area contributed by atoms with Crippen molar-refractivity contribution in [1.29, 1.82) is 0 Å². The van der Waals surface area contributed by atoms with Crippen LogP contribution in [0.4, 0.5) is 4.39 Å². The SMILES string of the molecule is Cc1cccc(C(C(=O)NCc2cc(-c3ccc(F)cc3)no2)N(C)C)c1. The number of amides is 1. The monoisotopic (exact) mass is 367 g/mol. The van der Waals surface area contributed by atoms with Gasteiger partial charge in [0, 0.05) is 11.6 Å². The highest BCUT2D eigenvalue weighted by molar-refractivity contribution is 5.83. The summed E-state index contributed by atoms with van der Waals surface area (Å²) in [5.74, 6) is 0.107. The summed E-state index contributed by atoms with van der Waals surface area (Å²) in [5.41, 5.74) is 3.39. The van der Waals surface area contributed by atoms with Gasteiger partial charge in [-0.25, -0.2) is 4.39 Å². The van der Waals surface area contributed by atoms with E-state index in [0.717, 1.165) is 16.7 Å². The van der Waals surface area contributed by atoms with E-state index in [9.17, 15) is 9.18 Å². The molecule has 0 bridgehead atoms. The molecule has 3 aromatic rings. The number of hydrogen-bond acceptors (Lipinski definition) is 4. The number of benzene rings is 2. The summed E-state index contributed by atoms with van der Waals surface area (Å²) in [6.45, 7) is 2.23. The fourth-order valence-electron chi connectivity index (χ4n) is 2.95. The van der Waals surface area contributed by atoms with Crippen LogP contribution in [0.15, 0.2) is 59.1 Å². The zero-order valence-corrected chi connectivity index (χ0v) is 15.6. The summed E-state index contributed by atoms with van der Waals surface area (Å²) in [4.78, 5) is 14.6. The smallest absolute Gasteiger partial charge is 0.242 e. The van der Waals surface area contributed by atoms with Crippen LogP contribution >= 0.6 is 0 Å². The van der Waals surface area contributed by atoms with Gasteiger partial charge in [-0.1, -0.05) is 35.0 Å². The lowest BCUT2D eigenvalue weighted by atomic mass is 10.0. The quantitative estimate of drug-likeness (QED) is 0.722. The summed E-state index contributed by atoms with van der Waals surface area (Å²) in [5, 5.41) is 6.88. The van der Waals surface area contributed by atoms with Crippen LogP contribution < -0.4 is 5.32 Å². The van der Waals surface area contributed by atoms with E-state index in [1.165, 1.54) is 12.1 Å². The second-order valence-electron chi connectivity index (χ2n) is 6.68. The van der Waals surface area contributed by atoms with Crippen molar-refractivity contribution in [3.05, 3.63) is 77.3 Å². The molecular formula is C21H22FN3O2. The maximum Gasteiger partial charge on any atom is 0.242 e. The average molecular weight is 367 g/mol. The Morgan fingerprint density at radius 3 is 2.59 bits per heavy atom. The van der Waals surface area contributed by atoms with E-state index in [-0.39, 0.29) is 18.3 Å². The molecule has 3 rings (SSSR count). The van der Waals surface area contributed by atoms with Gasteiger partial charge >= 0.3 is 0 Å². The molecule has 0 fully saturated rings. The zero-order valence-electron chi connectivity index (χ0n) is 15.6. The molecule has 0 saturated heterocycles. The first kappa shape index (κ1) is 18.8. The molecule has 1 atom stereocenters. The van der Waals surface area contributed by atoms with Crippen LogP contribution in [-0.2, 0) is 11.3 Å². The van der Waals surface area contributed by atoms with Gasteiger partial charge in [0.05, 0.1) is 6.54 Å². The number of hydrogen-bond donors (Lipinski definition) is 1. The van der Waals surface area contributed by atoms with E-state index < -0.39 is 6.04 Å². The van der Waals surface area contributed by atoms with Crippen molar-refractivity contribution in [2.75, 3.05) is 14.1 Å². The Morgan fingerprint density at radius 2 is 1.93 bits per heavy atom. The van der Waals surface area contributed by atoms with Gasteiger partial charge in [0.25, 0.3) is 0 Å². The van der Waals surface area contributed by atoms with Crippen molar-refractivity contribution in [3.8, 4) is 11.3 Å². The van der Waals surface area contributed by atoms with Crippen molar-refractivity contribution < 1.29 is 13.7 Å². The van der Waals surface area contributed by atoms with Gasteiger partial charge in [0.1, 0.15) is 17.6 Å². The number of likely N-dealkylation sites (N-methyl/N-ethyl adjacent to an activating group) is 1. The summed E-state index contributed by atoms with van der Waals surface area (Å²) >= 11 is 0. The predicted octanol–water partition coefficient (Wildman–Crippen LogP) is 3.71. The Kier molecular flexibility index (Phi) is 5.66. The molecule has 1 heterocycles. The highest BCUT2D eigenvalue weighted by Gasteiger charge is 2.23. The molecule has 0 radical (unpaired) electrons. The van der Waals surface area contributed by atoms with Crippen molar-refractivity contribution in [2.24, 2.45) is 0 Å². The van der Waals surface area contributed by atoms with Gasteiger partial charge < -0.3 is 9.84 Å². The normalized spacial score (nSPS) is 12.2. The number of nitrogens with one attached hydrogen (secondary N) is 1. The zero-order chi connectivity index (χ0) is 19.4. The highest BCUT2D eigenvalue weighted by atomic mass is 19.1. The van der Waals surface area contributed by atoms with Crippen LogP contribution in [0.1, 0.15) is 22.9 Å². The van der Waals surface area contributed by atoms with Crippen LogP contribution in [0, 0.1) is 12.7 Å². The fraction of sp³-hybridized carbons (Fsp3) is 0.238. The first-order valence-corrected chi connectivity index (χ1v) is 8.66. The van der Waals surface area contributed by atoms with Gasteiger partial charge in [0.2, 0.25) is 5.91 Å². The third-order valence-electron chi connectivity index (χ3n) is 4.26. The molecule has 140 valence electrons. The molecule has 0 aliphatic rings. The number of nitrogens with zero attached hydrogens (tertiary/aromatic N) is 2. The largest absolute Gasteiger partial charge is 0.359 e. The number of carbonyl (C=O) groups is 1. The first-order chi connectivity index (χ1) is 12.9. The van der Waals surface area contributed by atoms with Gasteiger partial charge in [-0.3, -0.25) is 9.69 Å². The van der Waals surface area contributed by atoms with E-state index in [0.29, 0.717) is 11.5 Å². The van der Waals surface area contributed by atoms with Crippen molar-refractivity contribution in [3.63, 3.8) is 0 Å².